The van der Waals surface area contributed by atoms with E-state index < -0.39 is 0 Å². The van der Waals surface area contributed by atoms with Gasteiger partial charge in [0.05, 0.1) is 5.69 Å². The van der Waals surface area contributed by atoms with Crippen LogP contribution in [-0.4, -0.2) is 11.3 Å². The van der Waals surface area contributed by atoms with Crippen LogP contribution in [0, 0.1) is 0 Å². The summed E-state index contributed by atoms with van der Waals surface area (Å²) in [5, 5.41) is 0. The predicted octanol–water partition coefficient (Wildman–Crippen LogP) is 3.20. The number of rotatable bonds is 3. The van der Waals surface area contributed by atoms with Crippen molar-refractivity contribution in [3.63, 3.8) is 0 Å². The van der Waals surface area contributed by atoms with Crippen molar-refractivity contribution in [3.05, 3.63) is 60.3 Å². The molecule has 1 aromatic heterocycles. The lowest BCUT2D eigenvalue weighted by Crippen LogP contribution is -1.86. The van der Waals surface area contributed by atoms with Gasteiger partial charge in [-0.05, 0) is 17.7 Å². The lowest BCUT2D eigenvalue weighted by atomic mass is 10.1. The average Bonchev–Trinajstić information content (AvgIpc) is 2.39. The summed E-state index contributed by atoms with van der Waals surface area (Å²) in [4.78, 5) is 14.7. The van der Waals surface area contributed by atoms with Crippen LogP contribution < -0.4 is 0 Å². The maximum atomic E-state index is 10.5. The molecular formula is C14H11NO. The van der Waals surface area contributed by atoms with Crippen LogP contribution in [0.1, 0.15) is 15.9 Å². The molecule has 2 nitrogen and oxygen atoms in total. The van der Waals surface area contributed by atoms with E-state index in [0.29, 0.717) is 5.56 Å². The molecule has 0 aliphatic heterocycles. The molecule has 0 atom stereocenters. The van der Waals surface area contributed by atoms with Crippen molar-refractivity contribution in [1.82, 2.24) is 4.98 Å². The lowest BCUT2D eigenvalue weighted by molar-refractivity contribution is 0.112. The minimum Gasteiger partial charge on any atom is -0.298 e. The van der Waals surface area contributed by atoms with Crippen LogP contribution in [0.4, 0.5) is 0 Å². The zero-order chi connectivity index (χ0) is 11.4. The summed E-state index contributed by atoms with van der Waals surface area (Å²) < 4.78 is 0. The number of nitrogens with zero attached hydrogens (tertiary/aromatic N) is 1. The van der Waals surface area contributed by atoms with E-state index in [0.717, 1.165) is 23.1 Å². The summed E-state index contributed by atoms with van der Waals surface area (Å²) in [6.07, 6.45) is 4.16. The minimum absolute atomic E-state index is 0.589. The van der Waals surface area contributed by atoms with Crippen molar-refractivity contribution < 1.29 is 4.79 Å². The number of hydrogen-bond acceptors (Lipinski definition) is 2. The number of aromatic nitrogens is 1. The molecule has 0 N–H and O–H groups in total. The fourth-order valence-electron chi connectivity index (χ4n) is 1.44. The van der Waals surface area contributed by atoms with Gasteiger partial charge in [0.15, 0.2) is 6.29 Å². The van der Waals surface area contributed by atoms with Crippen molar-refractivity contribution in [2.24, 2.45) is 0 Å². The van der Waals surface area contributed by atoms with E-state index in [4.69, 9.17) is 0 Å². The van der Waals surface area contributed by atoms with Gasteiger partial charge < -0.3 is 0 Å². The number of pyridine rings is 1. The number of aldehydes is 1. The molecular weight excluding hydrogens is 198 g/mol. The number of carbonyl (C=O) groups excluding carboxylic acids is 1. The van der Waals surface area contributed by atoms with E-state index >= 15 is 0 Å². The molecule has 2 aromatic rings. The van der Waals surface area contributed by atoms with Gasteiger partial charge in [0, 0.05) is 17.3 Å². The van der Waals surface area contributed by atoms with Crippen LogP contribution in [0.5, 0.6) is 0 Å². The van der Waals surface area contributed by atoms with Crippen LogP contribution >= 0.6 is 0 Å². The fraction of sp³-hybridized carbons (Fsp3) is 0. The van der Waals surface area contributed by atoms with Crippen molar-refractivity contribution in [3.8, 4) is 11.3 Å². The molecule has 0 saturated heterocycles. The third kappa shape index (κ3) is 2.06. The van der Waals surface area contributed by atoms with Crippen molar-refractivity contribution in [2.45, 2.75) is 0 Å². The first-order valence-electron chi connectivity index (χ1n) is 4.97. The first-order valence-corrected chi connectivity index (χ1v) is 4.97. The maximum Gasteiger partial charge on any atom is 0.151 e. The van der Waals surface area contributed by atoms with Gasteiger partial charge in [0.25, 0.3) is 0 Å². The highest BCUT2D eigenvalue weighted by atomic mass is 16.1. The molecule has 0 amide bonds. The van der Waals surface area contributed by atoms with Gasteiger partial charge in [-0.3, -0.25) is 9.78 Å². The van der Waals surface area contributed by atoms with Crippen molar-refractivity contribution in [2.75, 3.05) is 0 Å². The monoisotopic (exact) mass is 209 g/mol. The lowest BCUT2D eigenvalue weighted by Gasteiger charge is -2.01. The van der Waals surface area contributed by atoms with E-state index in [1.54, 1.807) is 18.3 Å². The summed E-state index contributed by atoms with van der Waals surface area (Å²) >= 11 is 0. The molecule has 1 heterocycles. The Morgan fingerprint density at radius 3 is 2.19 bits per heavy atom. The van der Waals surface area contributed by atoms with E-state index in [9.17, 15) is 4.79 Å². The van der Waals surface area contributed by atoms with Crippen LogP contribution in [-0.2, 0) is 0 Å². The Bertz CT molecular complexity index is 448. The highest BCUT2D eigenvalue weighted by Gasteiger charge is 1.98. The van der Waals surface area contributed by atoms with Crippen molar-refractivity contribution in [1.29, 1.82) is 0 Å². The quantitative estimate of drug-likeness (QED) is 0.726. The molecule has 0 saturated carbocycles. The van der Waals surface area contributed by atoms with Crippen LogP contribution in [0.25, 0.3) is 17.3 Å². The summed E-state index contributed by atoms with van der Waals surface area (Å²) in [6, 6.07) is 11.5. The number of carbonyl (C=O) groups is 1. The Morgan fingerprint density at radius 1 is 1.00 bits per heavy atom. The highest BCUT2D eigenvalue weighted by Crippen LogP contribution is 2.17. The van der Waals surface area contributed by atoms with Gasteiger partial charge in [0.2, 0.25) is 0 Å². The second-order valence-corrected chi connectivity index (χ2v) is 3.42. The third-order valence-electron chi connectivity index (χ3n) is 2.36. The molecule has 0 spiro atoms. The summed E-state index contributed by atoms with van der Waals surface area (Å²) in [6.45, 7) is 3.70. The Hall–Kier alpha value is -2.22. The molecule has 2 rings (SSSR count). The van der Waals surface area contributed by atoms with Crippen LogP contribution in [0.2, 0.25) is 0 Å². The number of benzene rings is 1. The molecule has 2 heteroatoms. The molecule has 0 fully saturated rings. The average molecular weight is 209 g/mol. The van der Waals surface area contributed by atoms with E-state index in [1.165, 1.54) is 0 Å². The highest BCUT2D eigenvalue weighted by molar-refractivity contribution is 5.75. The van der Waals surface area contributed by atoms with Crippen LogP contribution in [0.15, 0.2) is 49.2 Å². The Balaban J connectivity index is 2.34. The first-order chi connectivity index (χ1) is 7.83. The third-order valence-corrected chi connectivity index (χ3v) is 2.36. The molecule has 0 radical (unpaired) electrons. The molecule has 0 bridgehead atoms. The fourth-order valence-corrected chi connectivity index (χ4v) is 1.44. The molecule has 0 unspecified atom stereocenters. The smallest absolute Gasteiger partial charge is 0.151 e. The van der Waals surface area contributed by atoms with E-state index in [2.05, 4.69) is 11.6 Å². The molecule has 0 aliphatic carbocycles. The molecule has 16 heavy (non-hydrogen) atoms. The van der Waals surface area contributed by atoms with Gasteiger partial charge in [-0.2, -0.15) is 0 Å². The largest absolute Gasteiger partial charge is 0.298 e. The first kappa shape index (κ1) is 10.3. The van der Waals surface area contributed by atoms with Gasteiger partial charge >= 0.3 is 0 Å². The van der Waals surface area contributed by atoms with E-state index in [1.807, 2.05) is 30.3 Å². The van der Waals surface area contributed by atoms with Gasteiger partial charge in [0.1, 0.15) is 0 Å². The second-order valence-electron chi connectivity index (χ2n) is 3.42. The van der Waals surface area contributed by atoms with Gasteiger partial charge in [-0.15, -0.1) is 0 Å². The Kier molecular flexibility index (Phi) is 2.92. The van der Waals surface area contributed by atoms with Gasteiger partial charge in [-0.25, -0.2) is 0 Å². The zero-order valence-electron chi connectivity index (χ0n) is 8.76. The van der Waals surface area contributed by atoms with Crippen molar-refractivity contribution >= 4 is 12.4 Å². The zero-order valence-corrected chi connectivity index (χ0v) is 8.76. The summed E-state index contributed by atoms with van der Waals surface area (Å²) in [5.74, 6) is 0. The second kappa shape index (κ2) is 4.53. The Morgan fingerprint density at radius 2 is 1.69 bits per heavy atom. The summed E-state index contributed by atoms with van der Waals surface area (Å²) in [5.41, 5.74) is 3.56. The topological polar surface area (TPSA) is 30.0 Å². The molecule has 78 valence electrons. The Labute approximate surface area is 94.3 Å². The van der Waals surface area contributed by atoms with Gasteiger partial charge in [-0.1, -0.05) is 36.9 Å². The standard InChI is InChI=1S/C14H11NO/c1-2-11-3-6-13(7-4-11)14-8-5-12(10-16)9-15-14/h2-10H,1H2. The molecule has 1 aromatic carbocycles. The SMILES string of the molecule is C=Cc1ccc(-c2ccc(C=O)cn2)cc1. The molecule has 0 aliphatic rings. The summed E-state index contributed by atoms with van der Waals surface area (Å²) in [7, 11) is 0. The van der Waals surface area contributed by atoms with E-state index in [-0.39, 0.29) is 0 Å². The minimum atomic E-state index is 0.589. The van der Waals surface area contributed by atoms with Crippen LogP contribution in [0.3, 0.4) is 0 Å². The normalized spacial score (nSPS) is 9.75. The number of hydrogen-bond donors (Lipinski definition) is 0. The predicted molar refractivity (Wildman–Crippen MR) is 65.2 cm³/mol. The maximum absolute atomic E-state index is 10.5.